The van der Waals surface area contributed by atoms with Crippen molar-refractivity contribution in [1.29, 1.82) is 0 Å². The molecule has 0 aliphatic carbocycles. The summed E-state index contributed by atoms with van der Waals surface area (Å²) in [5.41, 5.74) is 0.525. The van der Waals surface area contributed by atoms with Gasteiger partial charge >= 0.3 is 0 Å². The first kappa shape index (κ1) is 18.9. The second-order valence-corrected chi connectivity index (χ2v) is 4.26. The van der Waals surface area contributed by atoms with Crippen LogP contribution in [0.1, 0.15) is 18.8 Å². The van der Waals surface area contributed by atoms with Gasteiger partial charge in [-0.1, -0.05) is 30.3 Å². The molecule has 0 fully saturated rings. The third kappa shape index (κ3) is 6.92. The zero-order valence-corrected chi connectivity index (χ0v) is 11.1. The van der Waals surface area contributed by atoms with Crippen LogP contribution in [0.5, 0.6) is 0 Å². The fraction of sp³-hybridized carbons (Fsp3) is 0.538. The van der Waals surface area contributed by atoms with Gasteiger partial charge in [-0.15, -0.1) is 0 Å². The van der Waals surface area contributed by atoms with E-state index in [-0.39, 0.29) is 0 Å². The Morgan fingerprint density at radius 1 is 0.850 bits per heavy atom. The lowest BCUT2D eigenvalue weighted by molar-refractivity contribution is -0.110. The third-order valence-corrected chi connectivity index (χ3v) is 2.52. The average Bonchev–Trinajstić information content (AvgIpc) is 2.46. The SMILES string of the molecule is CC(O)C(O)C(O)C(O)CO.OC(O)c1ccccc1. The van der Waals surface area contributed by atoms with Crippen molar-refractivity contribution < 1.29 is 35.7 Å². The fourth-order valence-electron chi connectivity index (χ4n) is 1.25. The normalized spacial score (nSPS) is 16.9. The van der Waals surface area contributed by atoms with Crippen LogP contribution < -0.4 is 0 Å². The molecule has 116 valence electrons. The molecule has 1 rings (SSSR count). The van der Waals surface area contributed by atoms with Gasteiger partial charge in [0, 0.05) is 5.56 Å². The van der Waals surface area contributed by atoms with E-state index in [1.165, 1.54) is 6.92 Å². The molecule has 0 heterocycles. The maximum Gasteiger partial charge on any atom is 0.178 e. The van der Waals surface area contributed by atoms with Crippen LogP contribution in [0, 0.1) is 0 Å². The summed E-state index contributed by atoms with van der Waals surface area (Å²) in [7, 11) is 0. The van der Waals surface area contributed by atoms with Crippen LogP contribution in [0.15, 0.2) is 30.3 Å². The molecule has 0 spiro atoms. The molecule has 0 radical (unpaired) electrons. The van der Waals surface area contributed by atoms with Crippen LogP contribution >= 0.6 is 0 Å². The van der Waals surface area contributed by atoms with Gasteiger partial charge in [0.2, 0.25) is 0 Å². The molecular formula is C13H22O7. The Kier molecular flexibility index (Phi) is 9.26. The summed E-state index contributed by atoms with van der Waals surface area (Å²) < 4.78 is 0. The summed E-state index contributed by atoms with van der Waals surface area (Å²) in [6.07, 6.45) is -6.84. The highest BCUT2D eigenvalue weighted by Gasteiger charge is 2.27. The number of aliphatic hydroxyl groups excluding tert-OH is 6. The Morgan fingerprint density at radius 2 is 1.35 bits per heavy atom. The summed E-state index contributed by atoms with van der Waals surface area (Å²) in [5.74, 6) is 0. The van der Waals surface area contributed by atoms with Crippen LogP contribution in [0.3, 0.4) is 0 Å². The van der Waals surface area contributed by atoms with E-state index >= 15 is 0 Å². The first-order valence-electron chi connectivity index (χ1n) is 6.05. The largest absolute Gasteiger partial charge is 0.394 e. The van der Waals surface area contributed by atoms with E-state index in [1.807, 2.05) is 6.07 Å². The molecule has 1 aromatic rings. The Balaban J connectivity index is 0.000000367. The van der Waals surface area contributed by atoms with E-state index in [4.69, 9.17) is 35.7 Å². The average molecular weight is 290 g/mol. The lowest BCUT2D eigenvalue weighted by Gasteiger charge is -2.23. The highest BCUT2D eigenvalue weighted by atomic mass is 16.5. The third-order valence-electron chi connectivity index (χ3n) is 2.52. The first-order chi connectivity index (χ1) is 9.31. The molecular weight excluding hydrogens is 268 g/mol. The molecule has 0 aliphatic heterocycles. The zero-order valence-electron chi connectivity index (χ0n) is 11.1. The number of hydrogen-bond donors (Lipinski definition) is 7. The number of benzene rings is 1. The Hall–Kier alpha value is -1.06. The van der Waals surface area contributed by atoms with Crippen LogP contribution in [-0.2, 0) is 0 Å². The number of hydrogen-bond acceptors (Lipinski definition) is 7. The predicted molar refractivity (Wildman–Crippen MR) is 70.4 cm³/mol. The van der Waals surface area contributed by atoms with Crippen molar-refractivity contribution in [2.45, 2.75) is 37.6 Å². The predicted octanol–water partition coefficient (Wildman–Crippen LogP) is -1.89. The molecule has 7 N–H and O–H groups in total. The maximum atomic E-state index is 8.94. The van der Waals surface area contributed by atoms with Gasteiger partial charge in [0.05, 0.1) is 12.7 Å². The first-order valence-corrected chi connectivity index (χ1v) is 6.05. The lowest BCUT2D eigenvalue weighted by Crippen LogP contribution is -2.44. The molecule has 0 bridgehead atoms. The molecule has 0 amide bonds. The molecule has 4 unspecified atom stereocenters. The molecule has 4 atom stereocenters. The van der Waals surface area contributed by atoms with Gasteiger partial charge in [-0.2, -0.15) is 0 Å². The summed E-state index contributed by atoms with van der Waals surface area (Å²) in [6, 6.07) is 8.66. The minimum atomic E-state index is -1.51. The highest BCUT2D eigenvalue weighted by molar-refractivity contribution is 5.15. The van der Waals surface area contributed by atoms with Crippen LogP contribution in [0.25, 0.3) is 0 Å². The molecule has 0 saturated heterocycles. The van der Waals surface area contributed by atoms with Gasteiger partial charge in [0.25, 0.3) is 0 Å². The van der Waals surface area contributed by atoms with Crippen molar-refractivity contribution in [3.05, 3.63) is 35.9 Å². The van der Waals surface area contributed by atoms with Crippen molar-refractivity contribution in [2.24, 2.45) is 0 Å². The van der Waals surface area contributed by atoms with E-state index < -0.39 is 37.3 Å². The van der Waals surface area contributed by atoms with Gasteiger partial charge in [-0.3, -0.25) is 0 Å². The highest BCUT2D eigenvalue weighted by Crippen LogP contribution is 2.06. The minimum absolute atomic E-state index is 0.525. The molecule has 0 saturated carbocycles. The fourth-order valence-corrected chi connectivity index (χ4v) is 1.25. The van der Waals surface area contributed by atoms with E-state index in [0.29, 0.717) is 5.56 Å². The zero-order chi connectivity index (χ0) is 15.7. The number of aliphatic hydroxyl groups is 7. The maximum absolute atomic E-state index is 8.94. The van der Waals surface area contributed by atoms with Gasteiger partial charge in [-0.25, -0.2) is 0 Å². The quantitative estimate of drug-likeness (QED) is 0.314. The molecule has 1 aromatic carbocycles. The van der Waals surface area contributed by atoms with Crippen molar-refractivity contribution in [2.75, 3.05) is 6.61 Å². The Bertz CT molecular complexity index is 342. The van der Waals surface area contributed by atoms with Gasteiger partial charge in [-0.05, 0) is 6.92 Å². The smallest absolute Gasteiger partial charge is 0.178 e. The lowest BCUT2D eigenvalue weighted by atomic mass is 10.1. The standard InChI is InChI=1S/C7H8O2.C6H14O5/c8-7(9)6-4-2-1-3-5-6;1-3(8)5(10)6(11)4(9)2-7/h1-5,7-9H;3-11H,2H2,1H3. The molecule has 7 heteroatoms. The molecule has 0 aliphatic rings. The van der Waals surface area contributed by atoms with Gasteiger partial charge in [0.15, 0.2) is 6.29 Å². The van der Waals surface area contributed by atoms with Gasteiger partial charge in [0.1, 0.15) is 18.3 Å². The second-order valence-electron chi connectivity index (χ2n) is 4.26. The van der Waals surface area contributed by atoms with E-state index in [0.717, 1.165) is 0 Å². The van der Waals surface area contributed by atoms with Crippen molar-refractivity contribution >= 4 is 0 Å². The van der Waals surface area contributed by atoms with Crippen LogP contribution in [0.2, 0.25) is 0 Å². The summed E-state index contributed by atoms with van der Waals surface area (Å²) in [5, 5.41) is 60.9. The minimum Gasteiger partial charge on any atom is -0.394 e. The Labute approximate surface area is 117 Å². The molecule has 20 heavy (non-hydrogen) atoms. The van der Waals surface area contributed by atoms with Gasteiger partial charge < -0.3 is 35.7 Å². The monoisotopic (exact) mass is 290 g/mol. The van der Waals surface area contributed by atoms with E-state index in [1.54, 1.807) is 24.3 Å². The van der Waals surface area contributed by atoms with Crippen molar-refractivity contribution in [1.82, 2.24) is 0 Å². The summed E-state index contributed by atoms with van der Waals surface area (Å²) in [6.45, 7) is 0.628. The number of rotatable bonds is 5. The van der Waals surface area contributed by atoms with Crippen molar-refractivity contribution in [3.8, 4) is 0 Å². The summed E-state index contributed by atoms with van der Waals surface area (Å²) >= 11 is 0. The topological polar surface area (TPSA) is 142 Å². The van der Waals surface area contributed by atoms with Crippen LogP contribution in [0.4, 0.5) is 0 Å². The van der Waals surface area contributed by atoms with E-state index in [2.05, 4.69) is 0 Å². The van der Waals surface area contributed by atoms with Crippen molar-refractivity contribution in [3.63, 3.8) is 0 Å². The summed E-state index contributed by atoms with van der Waals surface area (Å²) in [4.78, 5) is 0. The van der Waals surface area contributed by atoms with E-state index in [9.17, 15) is 0 Å². The second kappa shape index (κ2) is 9.78. The van der Waals surface area contributed by atoms with Crippen LogP contribution in [-0.4, -0.2) is 66.8 Å². The molecule has 0 aromatic heterocycles. The Morgan fingerprint density at radius 3 is 1.65 bits per heavy atom. The molecule has 7 nitrogen and oxygen atoms in total.